The van der Waals surface area contributed by atoms with E-state index in [1.165, 1.54) is 6.07 Å². The Morgan fingerprint density at radius 1 is 1.35 bits per heavy atom. The number of aliphatic carboxylic acids is 1. The number of para-hydroxylation sites is 1. The molecule has 0 radical (unpaired) electrons. The van der Waals surface area contributed by atoms with E-state index in [1.54, 1.807) is 30.0 Å². The Kier molecular flexibility index (Phi) is 3.57. The molecular weight excluding hydrogens is 241 g/mol. The molecule has 0 amide bonds. The number of carboxylic acids is 1. The van der Waals surface area contributed by atoms with Crippen molar-refractivity contribution < 1.29 is 14.3 Å². The number of carboxylic acid groups (broad SMARTS) is 1. The van der Waals surface area contributed by atoms with Crippen LogP contribution in [0.3, 0.4) is 0 Å². The molecule has 2 rings (SSSR count). The van der Waals surface area contributed by atoms with E-state index in [1.807, 2.05) is 0 Å². The first kappa shape index (κ1) is 12.2. The van der Waals surface area contributed by atoms with E-state index in [-0.39, 0.29) is 5.69 Å². The zero-order valence-electron chi connectivity index (χ0n) is 9.28. The molecule has 0 spiro atoms. The van der Waals surface area contributed by atoms with Gasteiger partial charge in [-0.05, 0) is 36.5 Å². The average molecular weight is 255 g/mol. The first-order chi connectivity index (χ1) is 8.14. The van der Waals surface area contributed by atoms with Gasteiger partial charge in [-0.3, -0.25) is 0 Å². The highest BCUT2D eigenvalue weighted by atomic mass is 32.2. The Hall–Kier alpha value is -1.23. The Labute approximate surface area is 103 Å². The summed E-state index contributed by atoms with van der Waals surface area (Å²) in [5.41, 5.74) is -0.755. The minimum absolute atomic E-state index is 0.266. The molecule has 0 saturated carbocycles. The van der Waals surface area contributed by atoms with Gasteiger partial charge in [-0.2, -0.15) is 11.8 Å². The fourth-order valence-corrected chi connectivity index (χ4v) is 3.12. The SMILES string of the molecule is O=C(O)C1(Nc2ccccc2F)CCSCC1. The van der Waals surface area contributed by atoms with Crippen molar-refractivity contribution in [1.29, 1.82) is 0 Å². The van der Waals surface area contributed by atoms with Gasteiger partial charge in [-0.15, -0.1) is 0 Å². The smallest absolute Gasteiger partial charge is 0.329 e. The molecule has 0 aromatic heterocycles. The highest BCUT2D eigenvalue weighted by Gasteiger charge is 2.40. The number of carbonyl (C=O) groups is 1. The molecule has 1 heterocycles. The van der Waals surface area contributed by atoms with E-state index in [9.17, 15) is 14.3 Å². The number of halogens is 1. The summed E-state index contributed by atoms with van der Waals surface area (Å²) in [4.78, 5) is 11.4. The maximum Gasteiger partial charge on any atom is 0.329 e. The van der Waals surface area contributed by atoms with E-state index >= 15 is 0 Å². The summed E-state index contributed by atoms with van der Waals surface area (Å²) in [6.45, 7) is 0. The maximum atomic E-state index is 13.5. The van der Waals surface area contributed by atoms with E-state index in [4.69, 9.17) is 0 Å². The number of anilines is 1. The Balaban J connectivity index is 2.24. The fraction of sp³-hybridized carbons (Fsp3) is 0.417. The van der Waals surface area contributed by atoms with Gasteiger partial charge in [-0.25, -0.2) is 9.18 Å². The second kappa shape index (κ2) is 4.96. The number of nitrogens with one attached hydrogen (secondary N) is 1. The number of hydrogen-bond donors (Lipinski definition) is 2. The van der Waals surface area contributed by atoms with Crippen LogP contribution in [0, 0.1) is 5.82 Å². The molecule has 0 atom stereocenters. The van der Waals surface area contributed by atoms with Crippen LogP contribution in [0.5, 0.6) is 0 Å². The van der Waals surface area contributed by atoms with Crippen molar-refractivity contribution in [2.75, 3.05) is 16.8 Å². The molecule has 1 saturated heterocycles. The zero-order valence-corrected chi connectivity index (χ0v) is 10.1. The third-order valence-electron chi connectivity index (χ3n) is 3.00. The van der Waals surface area contributed by atoms with Crippen LogP contribution >= 0.6 is 11.8 Å². The molecule has 1 aromatic carbocycles. The van der Waals surface area contributed by atoms with Gasteiger partial charge in [0, 0.05) is 0 Å². The van der Waals surface area contributed by atoms with Crippen LogP contribution in [0.15, 0.2) is 24.3 Å². The lowest BCUT2D eigenvalue weighted by molar-refractivity contribution is -0.142. The van der Waals surface area contributed by atoms with Gasteiger partial charge in [0.2, 0.25) is 0 Å². The van der Waals surface area contributed by atoms with Crippen LogP contribution in [0.25, 0.3) is 0 Å². The van der Waals surface area contributed by atoms with Crippen molar-refractivity contribution in [3.63, 3.8) is 0 Å². The van der Waals surface area contributed by atoms with Gasteiger partial charge in [0.25, 0.3) is 0 Å². The summed E-state index contributed by atoms with van der Waals surface area (Å²) in [6.07, 6.45) is 1.03. The van der Waals surface area contributed by atoms with Crippen molar-refractivity contribution in [2.24, 2.45) is 0 Å². The van der Waals surface area contributed by atoms with Crippen molar-refractivity contribution in [3.8, 4) is 0 Å². The predicted octanol–water partition coefficient (Wildman–Crippen LogP) is 2.59. The Morgan fingerprint density at radius 2 is 2.00 bits per heavy atom. The molecule has 1 aliphatic rings. The number of benzene rings is 1. The van der Waals surface area contributed by atoms with Gasteiger partial charge >= 0.3 is 5.97 Å². The molecule has 3 nitrogen and oxygen atoms in total. The molecule has 1 fully saturated rings. The van der Waals surface area contributed by atoms with Gasteiger partial charge < -0.3 is 10.4 Å². The molecule has 0 bridgehead atoms. The molecule has 0 unspecified atom stereocenters. The van der Waals surface area contributed by atoms with Crippen LogP contribution in [-0.2, 0) is 4.79 Å². The predicted molar refractivity (Wildman–Crippen MR) is 66.9 cm³/mol. The lowest BCUT2D eigenvalue weighted by Crippen LogP contribution is -2.49. The minimum atomic E-state index is -1.02. The normalized spacial score (nSPS) is 18.6. The van der Waals surface area contributed by atoms with Gasteiger partial charge in [0.05, 0.1) is 5.69 Å². The van der Waals surface area contributed by atoms with Gasteiger partial charge in [0.15, 0.2) is 0 Å². The number of thioether (sulfide) groups is 1. The lowest BCUT2D eigenvalue weighted by Gasteiger charge is -2.34. The highest BCUT2D eigenvalue weighted by Crippen LogP contribution is 2.31. The summed E-state index contributed by atoms with van der Waals surface area (Å²) in [5, 5.41) is 12.2. The van der Waals surface area contributed by atoms with Crippen molar-refractivity contribution >= 4 is 23.4 Å². The standard InChI is InChI=1S/C12H14FNO2S/c13-9-3-1-2-4-10(9)14-12(11(15)16)5-7-17-8-6-12/h1-4,14H,5-8H2,(H,15,16). The first-order valence-corrected chi connectivity index (χ1v) is 6.63. The molecule has 0 aliphatic carbocycles. The minimum Gasteiger partial charge on any atom is -0.480 e. The van der Waals surface area contributed by atoms with Crippen LogP contribution in [0.4, 0.5) is 10.1 Å². The monoisotopic (exact) mass is 255 g/mol. The molecular formula is C12H14FNO2S. The van der Waals surface area contributed by atoms with E-state index in [2.05, 4.69) is 5.32 Å². The molecule has 17 heavy (non-hydrogen) atoms. The molecule has 2 N–H and O–H groups in total. The summed E-state index contributed by atoms with van der Waals surface area (Å²) in [7, 11) is 0. The van der Waals surface area contributed by atoms with Gasteiger partial charge in [-0.1, -0.05) is 12.1 Å². The van der Waals surface area contributed by atoms with E-state index in [0.717, 1.165) is 11.5 Å². The lowest BCUT2D eigenvalue weighted by atomic mass is 9.92. The van der Waals surface area contributed by atoms with E-state index < -0.39 is 17.3 Å². The Bertz CT molecular complexity index is 419. The second-order valence-electron chi connectivity index (χ2n) is 4.10. The number of rotatable bonds is 3. The first-order valence-electron chi connectivity index (χ1n) is 5.48. The van der Waals surface area contributed by atoms with Crippen LogP contribution in [0.2, 0.25) is 0 Å². The highest BCUT2D eigenvalue weighted by molar-refractivity contribution is 7.99. The van der Waals surface area contributed by atoms with Crippen molar-refractivity contribution in [3.05, 3.63) is 30.1 Å². The topological polar surface area (TPSA) is 49.3 Å². The van der Waals surface area contributed by atoms with Crippen LogP contribution < -0.4 is 5.32 Å². The van der Waals surface area contributed by atoms with E-state index in [0.29, 0.717) is 12.8 Å². The fourth-order valence-electron chi connectivity index (χ4n) is 1.93. The quantitative estimate of drug-likeness (QED) is 0.871. The summed E-state index contributed by atoms with van der Waals surface area (Å²) < 4.78 is 13.5. The second-order valence-corrected chi connectivity index (χ2v) is 5.33. The summed E-state index contributed by atoms with van der Waals surface area (Å²) in [5.74, 6) is 0.258. The third-order valence-corrected chi connectivity index (χ3v) is 3.99. The number of hydrogen-bond acceptors (Lipinski definition) is 3. The van der Waals surface area contributed by atoms with Gasteiger partial charge in [0.1, 0.15) is 11.4 Å². The zero-order chi connectivity index (χ0) is 12.3. The van der Waals surface area contributed by atoms with Crippen molar-refractivity contribution in [1.82, 2.24) is 0 Å². The van der Waals surface area contributed by atoms with Crippen LogP contribution in [-0.4, -0.2) is 28.1 Å². The maximum absolute atomic E-state index is 13.5. The summed E-state index contributed by atoms with van der Waals surface area (Å²) >= 11 is 1.73. The average Bonchev–Trinajstić information content (AvgIpc) is 2.33. The largest absolute Gasteiger partial charge is 0.480 e. The molecule has 92 valence electrons. The van der Waals surface area contributed by atoms with Crippen molar-refractivity contribution in [2.45, 2.75) is 18.4 Å². The molecule has 1 aliphatic heterocycles. The molecule has 1 aromatic rings. The molecule has 5 heteroatoms. The Morgan fingerprint density at radius 3 is 2.59 bits per heavy atom. The van der Waals surface area contributed by atoms with Crippen LogP contribution in [0.1, 0.15) is 12.8 Å². The summed E-state index contributed by atoms with van der Waals surface area (Å²) in [6, 6.07) is 6.18. The third kappa shape index (κ3) is 2.54.